The van der Waals surface area contributed by atoms with E-state index in [1.807, 2.05) is 0 Å². The molecule has 2 heteroatoms. The molecule has 1 unspecified atom stereocenters. The highest BCUT2D eigenvalue weighted by Crippen LogP contribution is 2.33. The first kappa shape index (κ1) is 10.2. The lowest BCUT2D eigenvalue weighted by Crippen LogP contribution is -2.06. The molecule has 1 atom stereocenters. The molecule has 2 nitrogen and oxygen atoms in total. The summed E-state index contributed by atoms with van der Waals surface area (Å²) in [6.07, 6.45) is 9.23. The van der Waals surface area contributed by atoms with E-state index in [1.165, 1.54) is 25.7 Å². The van der Waals surface area contributed by atoms with Crippen LogP contribution in [0.25, 0.3) is 0 Å². The normalized spacial score (nSPS) is 26.7. The monoisotopic (exact) mass is 196 g/mol. The van der Waals surface area contributed by atoms with Crippen molar-refractivity contribution in [1.82, 2.24) is 0 Å². The summed E-state index contributed by atoms with van der Waals surface area (Å²) in [4.78, 5) is 11.4. The predicted octanol–water partition coefficient (Wildman–Crippen LogP) is 2.70. The molecule has 0 aromatic rings. The molecule has 2 fully saturated rings. The molecule has 0 N–H and O–H groups in total. The van der Waals surface area contributed by atoms with E-state index < -0.39 is 0 Å². The first-order valence-corrected chi connectivity index (χ1v) is 5.98. The second-order valence-corrected chi connectivity index (χ2v) is 4.71. The molecule has 0 spiro atoms. The molecule has 2 aliphatic rings. The van der Waals surface area contributed by atoms with Gasteiger partial charge in [-0.3, -0.25) is 4.79 Å². The maximum Gasteiger partial charge on any atom is 0.133 e. The molecule has 0 bridgehead atoms. The largest absolute Gasteiger partial charge is 0.378 e. The van der Waals surface area contributed by atoms with Crippen LogP contribution in [0.2, 0.25) is 0 Å². The van der Waals surface area contributed by atoms with E-state index in [1.54, 1.807) is 0 Å². The quantitative estimate of drug-likeness (QED) is 0.653. The highest BCUT2D eigenvalue weighted by Gasteiger charge is 2.24. The smallest absolute Gasteiger partial charge is 0.133 e. The van der Waals surface area contributed by atoms with Crippen molar-refractivity contribution in [3.63, 3.8) is 0 Å². The molecule has 1 aliphatic heterocycles. The lowest BCUT2D eigenvalue weighted by Gasteiger charge is -2.07. The van der Waals surface area contributed by atoms with E-state index in [4.69, 9.17) is 4.74 Å². The first-order valence-electron chi connectivity index (χ1n) is 5.98. The van der Waals surface area contributed by atoms with Crippen LogP contribution in [0, 0.1) is 5.92 Å². The van der Waals surface area contributed by atoms with Crippen molar-refractivity contribution in [2.45, 2.75) is 57.5 Å². The van der Waals surface area contributed by atoms with E-state index in [9.17, 15) is 4.79 Å². The minimum absolute atomic E-state index is 0.462. The predicted molar refractivity (Wildman–Crippen MR) is 55.2 cm³/mol. The van der Waals surface area contributed by atoms with Gasteiger partial charge >= 0.3 is 0 Å². The van der Waals surface area contributed by atoms with Crippen LogP contribution in [0.15, 0.2) is 0 Å². The van der Waals surface area contributed by atoms with Gasteiger partial charge in [0.1, 0.15) is 5.78 Å². The molecule has 0 aromatic heterocycles. The lowest BCUT2D eigenvalue weighted by molar-refractivity contribution is -0.119. The zero-order valence-corrected chi connectivity index (χ0v) is 8.84. The first-order chi connectivity index (χ1) is 6.84. The Morgan fingerprint density at radius 3 is 2.79 bits per heavy atom. The summed E-state index contributed by atoms with van der Waals surface area (Å²) in [6.45, 7) is 0.931. The molecule has 1 saturated heterocycles. The van der Waals surface area contributed by atoms with Gasteiger partial charge in [0.15, 0.2) is 0 Å². The van der Waals surface area contributed by atoms with Gasteiger partial charge in [-0.05, 0) is 44.4 Å². The molecule has 0 aromatic carbocycles. The van der Waals surface area contributed by atoms with Crippen molar-refractivity contribution < 1.29 is 9.53 Å². The van der Waals surface area contributed by atoms with Gasteiger partial charge in [0.05, 0.1) is 6.10 Å². The maximum atomic E-state index is 11.4. The average molecular weight is 196 g/mol. The summed E-state index contributed by atoms with van der Waals surface area (Å²) in [7, 11) is 0. The van der Waals surface area contributed by atoms with E-state index in [0.29, 0.717) is 11.9 Å². The van der Waals surface area contributed by atoms with Crippen LogP contribution < -0.4 is 0 Å². The zero-order chi connectivity index (χ0) is 9.80. The molecule has 0 amide bonds. The van der Waals surface area contributed by atoms with Gasteiger partial charge in [-0.25, -0.2) is 0 Å². The Morgan fingerprint density at radius 1 is 1.29 bits per heavy atom. The standard InChI is InChI=1S/C12H20O2/c13-11(9-10-6-7-10)3-1-4-12-5-2-8-14-12/h10,12H,1-9H2. The Morgan fingerprint density at radius 2 is 2.14 bits per heavy atom. The number of rotatable bonds is 6. The third kappa shape index (κ3) is 3.41. The van der Waals surface area contributed by atoms with E-state index >= 15 is 0 Å². The van der Waals surface area contributed by atoms with Crippen LogP contribution in [0.4, 0.5) is 0 Å². The highest BCUT2D eigenvalue weighted by atomic mass is 16.5. The molecule has 80 valence electrons. The van der Waals surface area contributed by atoms with Gasteiger partial charge in [0, 0.05) is 19.4 Å². The number of hydrogen-bond acceptors (Lipinski definition) is 2. The van der Waals surface area contributed by atoms with Crippen LogP contribution in [-0.2, 0) is 9.53 Å². The minimum atomic E-state index is 0.462. The van der Waals surface area contributed by atoms with Gasteiger partial charge in [0.2, 0.25) is 0 Å². The summed E-state index contributed by atoms with van der Waals surface area (Å²) in [6, 6.07) is 0. The number of ketones is 1. The van der Waals surface area contributed by atoms with Gasteiger partial charge in [-0.2, -0.15) is 0 Å². The fourth-order valence-corrected chi connectivity index (χ4v) is 2.14. The summed E-state index contributed by atoms with van der Waals surface area (Å²) in [5.74, 6) is 1.23. The molecular formula is C12H20O2. The van der Waals surface area contributed by atoms with Gasteiger partial charge < -0.3 is 4.74 Å². The Balaban J connectivity index is 1.50. The van der Waals surface area contributed by atoms with E-state index in [-0.39, 0.29) is 0 Å². The molecule has 14 heavy (non-hydrogen) atoms. The Labute approximate surface area is 86.0 Å². The third-order valence-corrected chi connectivity index (χ3v) is 3.22. The van der Waals surface area contributed by atoms with E-state index in [0.717, 1.165) is 38.2 Å². The van der Waals surface area contributed by atoms with Crippen LogP contribution in [0.3, 0.4) is 0 Å². The maximum absolute atomic E-state index is 11.4. The molecule has 0 radical (unpaired) electrons. The van der Waals surface area contributed by atoms with Crippen molar-refractivity contribution >= 4 is 5.78 Å². The number of carbonyl (C=O) groups is 1. The summed E-state index contributed by atoms with van der Waals surface area (Å²) < 4.78 is 5.52. The molecule has 1 heterocycles. The van der Waals surface area contributed by atoms with Crippen LogP contribution >= 0.6 is 0 Å². The van der Waals surface area contributed by atoms with Crippen LogP contribution in [-0.4, -0.2) is 18.5 Å². The van der Waals surface area contributed by atoms with Crippen molar-refractivity contribution in [2.24, 2.45) is 5.92 Å². The topological polar surface area (TPSA) is 26.3 Å². The average Bonchev–Trinajstić information content (AvgIpc) is 2.82. The van der Waals surface area contributed by atoms with Crippen molar-refractivity contribution in [2.75, 3.05) is 6.61 Å². The number of hydrogen-bond donors (Lipinski definition) is 0. The van der Waals surface area contributed by atoms with E-state index in [2.05, 4.69) is 0 Å². The Hall–Kier alpha value is -0.370. The molecule has 1 aliphatic carbocycles. The zero-order valence-electron chi connectivity index (χ0n) is 8.84. The fraction of sp³-hybridized carbons (Fsp3) is 0.917. The van der Waals surface area contributed by atoms with Gasteiger partial charge in [-0.15, -0.1) is 0 Å². The molecule has 1 saturated carbocycles. The molecular weight excluding hydrogens is 176 g/mol. The number of carbonyl (C=O) groups excluding carboxylic acids is 1. The summed E-state index contributed by atoms with van der Waals surface area (Å²) >= 11 is 0. The van der Waals surface area contributed by atoms with Crippen molar-refractivity contribution in [3.8, 4) is 0 Å². The SMILES string of the molecule is O=C(CCCC1CCCO1)CC1CC1. The summed E-state index contributed by atoms with van der Waals surface area (Å²) in [5.41, 5.74) is 0. The Bertz CT molecular complexity index is 190. The van der Waals surface area contributed by atoms with Crippen molar-refractivity contribution in [3.05, 3.63) is 0 Å². The Kier molecular flexibility index (Phi) is 3.57. The number of ether oxygens (including phenoxy) is 1. The van der Waals surface area contributed by atoms with Crippen LogP contribution in [0.5, 0.6) is 0 Å². The van der Waals surface area contributed by atoms with Gasteiger partial charge in [0.25, 0.3) is 0 Å². The fourth-order valence-electron chi connectivity index (χ4n) is 2.14. The third-order valence-electron chi connectivity index (χ3n) is 3.22. The second kappa shape index (κ2) is 4.92. The van der Waals surface area contributed by atoms with Gasteiger partial charge in [-0.1, -0.05) is 0 Å². The highest BCUT2D eigenvalue weighted by molar-refractivity contribution is 5.78. The van der Waals surface area contributed by atoms with Crippen LogP contribution in [0.1, 0.15) is 51.4 Å². The second-order valence-electron chi connectivity index (χ2n) is 4.71. The minimum Gasteiger partial charge on any atom is -0.378 e. The number of Topliss-reactive ketones (excluding diaryl/α,β-unsaturated/α-hetero) is 1. The molecule has 2 rings (SSSR count). The lowest BCUT2D eigenvalue weighted by atomic mass is 10.0. The van der Waals surface area contributed by atoms with Crippen molar-refractivity contribution in [1.29, 1.82) is 0 Å². The summed E-state index contributed by atoms with van der Waals surface area (Å²) in [5, 5.41) is 0.